The highest BCUT2D eigenvalue weighted by atomic mass is 79.9. The van der Waals surface area contributed by atoms with Gasteiger partial charge in [-0.05, 0) is 42.1 Å². The summed E-state index contributed by atoms with van der Waals surface area (Å²) in [5.41, 5.74) is 0.787. The van der Waals surface area contributed by atoms with Crippen molar-refractivity contribution in [2.75, 3.05) is 7.11 Å². The fourth-order valence-electron chi connectivity index (χ4n) is 1.79. The van der Waals surface area contributed by atoms with Gasteiger partial charge in [-0.25, -0.2) is 4.98 Å². The quantitative estimate of drug-likeness (QED) is 0.851. The number of hydrogen-bond donors (Lipinski definition) is 1. The molecule has 2 rings (SSSR count). The predicted molar refractivity (Wildman–Crippen MR) is 73.7 cm³/mol. The first-order valence-electron chi connectivity index (χ1n) is 5.87. The number of methoxy groups -OCH3 is 1. The molecule has 1 heterocycles. The maximum atomic E-state index is 5.57. The third-order valence-electron chi connectivity index (χ3n) is 3.50. The second-order valence-electron chi connectivity index (χ2n) is 4.68. The van der Waals surface area contributed by atoms with Gasteiger partial charge in [0.05, 0.1) is 4.47 Å². The Morgan fingerprint density at radius 2 is 2.24 bits per heavy atom. The van der Waals surface area contributed by atoms with Gasteiger partial charge in [0, 0.05) is 18.7 Å². The summed E-state index contributed by atoms with van der Waals surface area (Å²) >= 11 is 8.83. The van der Waals surface area contributed by atoms with E-state index in [0.29, 0.717) is 10.6 Å². The summed E-state index contributed by atoms with van der Waals surface area (Å²) in [5, 5.41) is 0. The van der Waals surface area contributed by atoms with Crippen LogP contribution < -0.4 is 0 Å². The van der Waals surface area contributed by atoms with Crippen LogP contribution in [0.25, 0.3) is 0 Å². The Morgan fingerprint density at radius 3 is 2.71 bits per heavy atom. The smallest absolute Gasteiger partial charge is 0.144 e. The van der Waals surface area contributed by atoms with Gasteiger partial charge in [0.15, 0.2) is 0 Å². The molecule has 5 heteroatoms. The van der Waals surface area contributed by atoms with Crippen molar-refractivity contribution < 1.29 is 4.74 Å². The van der Waals surface area contributed by atoms with Crippen molar-refractivity contribution in [1.29, 1.82) is 0 Å². The molecule has 3 nitrogen and oxygen atoms in total. The molecular weight excluding hydrogens is 300 g/mol. The fourth-order valence-corrected chi connectivity index (χ4v) is 2.50. The first-order valence-corrected chi connectivity index (χ1v) is 7.07. The zero-order chi connectivity index (χ0) is 12.6. The van der Waals surface area contributed by atoms with Gasteiger partial charge in [0.2, 0.25) is 0 Å². The molecular formula is C12H17BrN2OS. The zero-order valence-electron chi connectivity index (χ0n) is 10.3. The van der Waals surface area contributed by atoms with Gasteiger partial charge in [-0.1, -0.05) is 19.1 Å². The molecule has 0 amide bonds. The number of H-pyrrole nitrogens is 1. The highest BCUT2D eigenvalue weighted by molar-refractivity contribution is 9.10. The molecule has 1 atom stereocenters. The molecule has 1 N–H and O–H groups in total. The number of rotatable bonds is 4. The maximum absolute atomic E-state index is 5.57. The summed E-state index contributed by atoms with van der Waals surface area (Å²) in [5.74, 6) is 1.43. The number of nitrogens with zero attached hydrogens (tertiary/aromatic N) is 1. The van der Waals surface area contributed by atoms with E-state index in [9.17, 15) is 0 Å². The zero-order valence-corrected chi connectivity index (χ0v) is 12.7. The topological polar surface area (TPSA) is 37.9 Å². The molecule has 0 bridgehead atoms. The highest BCUT2D eigenvalue weighted by Gasteiger charge is 2.32. The Balaban J connectivity index is 2.52. The van der Waals surface area contributed by atoms with Crippen molar-refractivity contribution in [2.45, 2.75) is 44.6 Å². The van der Waals surface area contributed by atoms with Gasteiger partial charge in [-0.2, -0.15) is 0 Å². The molecule has 1 aliphatic carbocycles. The molecule has 94 valence electrons. The number of halogens is 1. The third kappa shape index (κ3) is 2.46. The van der Waals surface area contributed by atoms with E-state index in [1.807, 2.05) is 6.92 Å². The summed E-state index contributed by atoms with van der Waals surface area (Å²) in [6, 6.07) is 0. The Labute approximate surface area is 115 Å². The average molecular weight is 317 g/mol. The van der Waals surface area contributed by atoms with Gasteiger partial charge in [-0.3, -0.25) is 0 Å². The van der Waals surface area contributed by atoms with Crippen LogP contribution in [0.5, 0.6) is 0 Å². The van der Waals surface area contributed by atoms with Crippen molar-refractivity contribution in [3.63, 3.8) is 0 Å². The van der Waals surface area contributed by atoms with Gasteiger partial charge in [0.25, 0.3) is 0 Å². The molecule has 1 aromatic heterocycles. The van der Waals surface area contributed by atoms with Crippen LogP contribution >= 0.6 is 28.1 Å². The molecule has 0 aliphatic heterocycles. The lowest BCUT2D eigenvalue weighted by Crippen LogP contribution is -2.27. The molecule has 1 fully saturated rings. The van der Waals surface area contributed by atoms with E-state index in [1.165, 1.54) is 18.5 Å². The van der Waals surface area contributed by atoms with Crippen LogP contribution in [0, 0.1) is 4.64 Å². The van der Waals surface area contributed by atoms with E-state index < -0.39 is 5.60 Å². The predicted octanol–water partition coefficient (Wildman–Crippen LogP) is 4.05. The maximum Gasteiger partial charge on any atom is 0.144 e. The standard InChI is InChI=1S/C12H17BrN2OS/c1-4-12(2,16-3)11-14-9(7-5-6-7)8(13)10(17)15-11/h7H,4-6H2,1-3H3,(H,14,15,17). The van der Waals surface area contributed by atoms with Gasteiger partial charge >= 0.3 is 0 Å². The highest BCUT2D eigenvalue weighted by Crippen LogP contribution is 2.43. The van der Waals surface area contributed by atoms with Crippen LogP contribution in [-0.4, -0.2) is 17.1 Å². The Morgan fingerprint density at radius 1 is 1.59 bits per heavy atom. The number of nitrogens with one attached hydrogen (secondary N) is 1. The normalized spacial score (nSPS) is 19.1. The minimum absolute atomic E-state index is 0.391. The van der Waals surface area contributed by atoms with Crippen LogP contribution in [0.2, 0.25) is 0 Å². The number of hydrogen-bond acceptors (Lipinski definition) is 3. The van der Waals surface area contributed by atoms with Gasteiger partial charge in [0.1, 0.15) is 16.1 Å². The first kappa shape index (κ1) is 13.2. The van der Waals surface area contributed by atoms with Crippen LogP contribution in [0.15, 0.2) is 4.47 Å². The van der Waals surface area contributed by atoms with Crippen molar-refractivity contribution >= 4 is 28.1 Å². The number of aromatic amines is 1. The van der Waals surface area contributed by atoms with Crippen molar-refractivity contribution in [2.24, 2.45) is 0 Å². The van der Waals surface area contributed by atoms with E-state index in [0.717, 1.165) is 16.7 Å². The second-order valence-corrected chi connectivity index (χ2v) is 5.86. The monoisotopic (exact) mass is 316 g/mol. The van der Waals surface area contributed by atoms with Crippen LogP contribution in [-0.2, 0) is 10.3 Å². The summed E-state index contributed by atoms with van der Waals surface area (Å²) < 4.78 is 7.13. The lowest BCUT2D eigenvalue weighted by molar-refractivity contribution is -0.00928. The van der Waals surface area contributed by atoms with E-state index in [-0.39, 0.29) is 0 Å². The fraction of sp³-hybridized carbons (Fsp3) is 0.667. The average Bonchev–Trinajstić information content (AvgIpc) is 3.15. The lowest BCUT2D eigenvalue weighted by atomic mass is 10.0. The summed E-state index contributed by atoms with van der Waals surface area (Å²) in [4.78, 5) is 7.85. The van der Waals surface area contributed by atoms with Crippen LogP contribution in [0.1, 0.15) is 50.5 Å². The number of ether oxygens (including phenoxy) is 1. The first-order chi connectivity index (χ1) is 8.01. The van der Waals surface area contributed by atoms with E-state index in [1.54, 1.807) is 7.11 Å². The minimum atomic E-state index is -0.391. The third-order valence-corrected chi connectivity index (χ3v) is 4.86. The minimum Gasteiger partial charge on any atom is -0.371 e. The SMILES string of the molecule is CCC(C)(OC)c1nc(=S)c(Br)c(C2CC2)[nH]1. The van der Waals surface area contributed by atoms with E-state index in [2.05, 4.69) is 32.8 Å². The molecule has 1 aliphatic rings. The van der Waals surface area contributed by atoms with Crippen molar-refractivity contribution in [1.82, 2.24) is 9.97 Å². The molecule has 1 aromatic rings. The van der Waals surface area contributed by atoms with Crippen molar-refractivity contribution in [3.8, 4) is 0 Å². The molecule has 17 heavy (non-hydrogen) atoms. The molecule has 0 radical (unpaired) electrons. The van der Waals surface area contributed by atoms with Gasteiger partial charge in [-0.15, -0.1) is 0 Å². The van der Waals surface area contributed by atoms with Crippen molar-refractivity contribution in [3.05, 3.63) is 20.6 Å². The summed E-state index contributed by atoms with van der Waals surface area (Å²) in [6.45, 7) is 4.12. The van der Waals surface area contributed by atoms with E-state index in [4.69, 9.17) is 17.0 Å². The molecule has 0 aromatic carbocycles. The molecule has 0 spiro atoms. The second kappa shape index (κ2) is 4.78. The number of aromatic nitrogens is 2. The largest absolute Gasteiger partial charge is 0.371 e. The Bertz CT molecular complexity index is 478. The molecule has 1 unspecified atom stereocenters. The summed E-state index contributed by atoms with van der Waals surface area (Å²) in [7, 11) is 1.71. The van der Waals surface area contributed by atoms with Crippen LogP contribution in [0.3, 0.4) is 0 Å². The Hall–Kier alpha value is -0.260. The van der Waals surface area contributed by atoms with Crippen LogP contribution in [0.4, 0.5) is 0 Å². The van der Waals surface area contributed by atoms with Gasteiger partial charge < -0.3 is 9.72 Å². The lowest BCUT2D eigenvalue weighted by Gasteiger charge is -2.26. The van der Waals surface area contributed by atoms with E-state index >= 15 is 0 Å². The molecule has 0 saturated heterocycles. The Kier molecular flexibility index (Phi) is 3.71. The molecule has 1 saturated carbocycles. The summed E-state index contributed by atoms with van der Waals surface area (Å²) in [6.07, 6.45) is 3.31.